The fourth-order valence-electron chi connectivity index (χ4n) is 2.42. The van der Waals surface area contributed by atoms with Crippen molar-refractivity contribution < 1.29 is 9.59 Å². The lowest BCUT2D eigenvalue weighted by molar-refractivity contribution is -0.115. The van der Waals surface area contributed by atoms with E-state index in [4.69, 9.17) is 0 Å². The number of ketones is 1. The van der Waals surface area contributed by atoms with Gasteiger partial charge in [-0.3, -0.25) is 9.59 Å². The Kier molecular flexibility index (Phi) is 2.67. The number of carbonyl (C=O) groups excluding carboxylic acids is 2. The van der Waals surface area contributed by atoms with Crippen molar-refractivity contribution in [2.45, 2.75) is 13.3 Å². The summed E-state index contributed by atoms with van der Waals surface area (Å²) in [5, 5.41) is 2.82. The topological polar surface area (TPSA) is 46.2 Å². The summed E-state index contributed by atoms with van der Waals surface area (Å²) in [7, 11) is 0. The predicted molar refractivity (Wildman–Crippen MR) is 73.4 cm³/mol. The smallest absolute Gasteiger partial charge is 0.228 e. The van der Waals surface area contributed by atoms with E-state index in [0.717, 1.165) is 16.8 Å². The third-order valence-corrected chi connectivity index (χ3v) is 3.33. The zero-order valence-corrected chi connectivity index (χ0v) is 10.6. The van der Waals surface area contributed by atoms with E-state index < -0.39 is 0 Å². The number of aryl methyl sites for hydroxylation is 1. The molecule has 0 radical (unpaired) electrons. The van der Waals surface area contributed by atoms with Gasteiger partial charge >= 0.3 is 0 Å². The van der Waals surface area contributed by atoms with Crippen LogP contribution in [0.3, 0.4) is 0 Å². The number of hydrogen-bond acceptors (Lipinski definition) is 2. The monoisotopic (exact) mass is 251 g/mol. The van der Waals surface area contributed by atoms with Crippen LogP contribution >= 0.6 is 0 Å². The molecular formula is C16H13NO2. The molecule has 0 saturated carbocycles. The van der Waals surface area contributed by atoms with Gasteiger partial charge in [0.15, 0.2) is 5.78 Å². The van der Waals surface area contributed by atoms with E-state index in [1.165, 1.54) is 0 Å². The van der Waals surface area contributed by atoms with Gasteiger partial charge in [0.1, 0.15) is 0 Å². The maximum absolute atomic E-state index is 12.4. The van der Waals surface area contributed by atoms with Crippen LogP contribution in [-0.4, -0.2) is 11.7 Å². The van der Waals surface area contributed by atoms with Crippen LogP contribution in [0.25, 0.3) is 0 Å². The van der Waals surface area contributed by atoms with Crippen LogP contribution in [0.4, 0.5) is 5.69 Å². The standard InChI is InChI=1S/C16H13NO2/c1-10-7-13(8-12-9-14(18)17-15(10)12)16(19)11-5-3-2-4-6-11/h2-8H,9H2,1H3,(H,17,18). The Balaban J connectivity index is 2.04. The Hall–Kier alpha value is -2.42. The molecule has 0 atom stereocenters. The van der Waals surface area contributed by atoms with Crippen LogP contribution in [0.2, 0.25) is 0 Å². The molecule has 0 saturated heterocycles. The number of carbonyl (C=O) groups is 2. The SMILES string of the molecule is Cc1cc(C(=O)c2ccccc2)cc2c1NC(=O)C2. The molecule has 3 rings (SSSR count). The zero-order valence-electron chi connectivity index (χ0n) is 10.6. The molecule has 3 heteroatoms. The second kappa shape index (κ2) is 4.35. The van der Waals surface area contributed by atoms with Crippen LogP contribution in [0, 0.1) is 6.92 Å². The van der Waals surface area contributed by atoms with Crippen molar-refractivity contribution in [1.29, 1.82) is 0 Å². The molecule has 0 aliphatic carbocycles. The van der Waals surface area contributed by atoms with Gasteiger partial charge in [-0.25, -0.2) is 0 Å². The van der Waals surface area contributed by atoms with E-state index in [0.29, 0.717) is 17.5 Å². The Morgan fingerprint density at radius 3 is 2.58 bits per heavy atom. The Morgan fingerprint density at radius 2 is 1.84 bits per heavy atom. The molecule has 2 aromatic carbocycles. The van der Waals surface area contributed by atoms with Crippen LogP contribution in [0.1, 0.15) is 27.0 Å². The number of fused-ring (bicyclic) bond motifs is 1. The molecule has 1 aliphatic rings. The molecule has 1 heterocycles. The average Bonchev–Trinajstić information content (AvgIpc) is 2.80. The minimum atomic E-state index is -0.0117. The first kappa shape index (κ1) is 11.7. The maximum atomic E-state index is 12.4. The molecule has 3 nitrogen and oxygen atoms in total. The number of anilines is 1. The van der Waals surface area contributed by atoms with E-state index in [1.807, 2.05) is 37.3 Å². The molecule has 2 aromatic rings. The normalized spacial score (nSPS) is 13.0. The van der Waals surface area contributed by atoms with Crippen molar-refractivity contribution >= 4 is 17.4 Å². The summed E-state index contributed by atoms with van der Waals surface area (Å²) in [4.78, 5) is 23.8. The summed E-state index contributed by atoms with van der Waals surface area (Å²) in [5.41, 5.74) is 4.00. The van der Waals surface area contributed by atoms with Gasteiger partial charge in [0.25, 0.3) is 0 Å². The minimum absolute atomic E-state index is 0.00847. The number of hydrogen-bond donors (Lipinski definition) is 1. The summed E-state index contributed by atoms with van der Waals surface area (Å²) in [6.45, 7) is 1.91. The van der Waals surface area contributed by atoms with E-state index in [9.17, 15) is 9.59 Å². The molecule has 0 spiro atoms. The van der Waals surface area contributed by atoms with Crippen molar-refractivity contribution in [3.8, 4) is 0 Å². The Bertz CT molecular complexity index is 675. The Labute approximate surface area is 111 Å². The van der Waals surface area contributed by atoms with Crippen molar-refractivity contribution in [3.05, 3.63) is 64.7 Å². The molecule has 0 aromatic heterocycles. The van der Waals surface area contributed by atoms with Gasteiger partial charge in [0, 0.05) is 16.8 Å². The van der Waals surface area contributed by atoms with Crippen LogP contribution in [0.15, 0.2) is 42.5 Å². The summed E-state index contributed by atoms with van der Waals surface area (Å²) in [5.74, 6) is -0.0201. The van der Waals surface area contributed by atoms with Gasteiger partial charge in [-0.15, -0.1) is 0 Å². The second-order valence-corrected chi connectivity index (χ2v) is 4.75. The van der Waals surface area contributed by atoms with Gasteiger partial charge < -0.3 is 5.32 Å². The molecular weight excluding hydrogens is 238 g/mol. The number of rotatable bonds is 2. The highest BCUT2D eigenvalue weighted by Crippen LogP contribution is 2.29. The van der Waals surface area contributed by atoms with Gasteiger partial charge in [-0.1, -0.05) is 30.3 Å². The quantitative estimate of drug-likeness (QED) is 0.834. The molecule has 94 valence electrons. The van der Waals surface area contributed by atoms with Crippen molar-refractivity contribution in [3.63, 3.8) is 0 Å². The van der Waals surface area contributed by atoms with Crippen LogP contribution in [0.5, 0.6) is 0 Å². The molecule has 1 N–H and O–H groups in total. The molecule has 0 unspecified atom stereocenters. The highest BCUT2D eigenvalue weighted by atomic mass is 16.1. The first-order valence-corrected chi connectivity index (χ1v) is 6.18. The lowest BCUT2D eigenvalue weighted by atomic mass is 9.97. The van der Waals surface area contributed by atoms with E-state index in [2.05, 4.69) is 5.32 Å². The first-order valence-electron chi connectivity index (χ1n) is 6.18. The van der Waals surface area contributed by atoms with E-state index in [-0.39, 0.29) is 11.7 Å². The highest BCUT2D eigenvalue weighted by Gasteiger charge is 2.21. The van der Waals surface area contributed by atoms with Gasteiger partial charge in [-0.2, -0.15) is 0 Å². The highest BCUT2D eigenvalue weighted by molar-refractivity contribution is 6.10. The van der Waals surface area contributed by atoms with Gasteiger partial charge in [0.05, 0.1) is 6.42 Å². The summed E-state index contributed by atoms with van der Waals surface area (Å²) >= 11 is 0. The number of amides is 1. The largest absolute Gasteiger partial charge is 0.325 e. The van der Waals surface area contributed by atoms with Gasteiger partial charge in [0.2, 0.25) is 5.91 Å². The number of nitrogens with one attached hydrogen (secondary N) is 1. The summed E-state index contributed by atoms with van der Waals surface area (Å²) in [6, 6.07) is 12.8. The van der Waals surface area contributed by atoms with E-state index in [1.54, 1.807) is 12.1 Å². The summed E-state index contributed by atoms with van der Waals surface area (Å²) < 4.78 is 0. The third kappa shape index (κ3) is 2.03. The summed E-state index contributed by atoms with van der Waals surface area (Å²) in [6.07, 6.45) is 0.353. The van der Waals surface area contributed by atoms with Crippen molar-refractivity contribution in [2.75, 3.05) is 5.32 Å². The lowest BCUT2D eigenvalue weighted by Gasteiger charge is -2.07. The van der Waals surface area contributed by atoms with Crippen molar-refractivity contribution in [2.24, 2.45) is 0 Å². The second-order valence-electron chi connectivity index (χ2n) is 4.75. The molecule has 0 fully saturated rings. The predicted octanol–water partition coefficient (Wildman–Crippen LogP) is 2.72. The molecule has 19 heavy (non-hydrogen) atoms. The minimum Gasteiger partial charge on any atom is -0.325 e. The van der Waals surface area contributed by atoms with E-state index >= 15 is 0 Å². The molecule has 1 amide bonds. The van der Waals surface area contributed by atoms with Gasteiger partial charge in [-0.05, 0) is 30.2 Å². The first-order chi connectivity index (χ1) is 9.15. The lowest BCUT2D eigenvalue weighted by Crippen LogP contribution is -2.04. The zero-order chi connectivity index (χ0) is 13.4. The molecule has 1 aliphatic heterocycles. The van der Waals surface area contributed by atoms with Crippen LogP contribution < -0.4 is 5.32 Å². The fraction of sp³-hybridized carbons (Fsp3) is 0.125. The van der Waals surface area contributed by atoms with Crippen LogP contribution in [-0.2, 0) is 11.2 Å². The fourth-order valence-corrected chi connectivity index (χ4v) is 2.42. The molecule has 0 bridgehead atoms. The third-order valence-electron chi connectivity index (χ3n) is 3.33. The number of benzene rings is 2. The maximum Gasteiger partial charge on any atom is 0.228 e. The Morgan fingerprint density at radius 1 is 1.11 bits per heavy atom. The average molecular weight is 251 g/mol. The van der Waals surface area contributed by atoms with Crippen molar-refractivity contribution in [1.82, 2.24) is 0 Å².